The Hall–Kier alpha value is -1.44. The minimum absolute atomic E-state index is 0.133. The van der Waals surface area contributed by atoms with Gasteiger partial charge in [0.25, 0.3) is 0 Å². The summed E-state index contributed by atoms with van der Waals surface area (Å²) in [7, 11) is -1.25. The van der Waals surface area contributed by atoms with Crippen molar-refractivity contribution in [2.45, 2.75) is 36.7 Å². The molecular weight excluding hydrogens is 340 g/mol. The molecule has 1 N–H and O–H groups in total. The predicted octanol–water partition coefficient (Wildman–Crippen LogP) is 1.46. The van der Waals surface area contributed by atoms with Gasteiger partial charge in [0, 0.05) is 19.3 Å². The van der Waals surface area contributed by atoms with Crippen molar-refractivity contribution in [2.75, 3.05) is 32.9 Å². The molecule has 1 aromatic rings. The van der Waals surface area contributed by atoms with Gasteiger partial charge in [0.2, 0.25) is 0 Å². The molecule has 0 saturated carbocycles. The number of likely N-dealkylation sites (N-methyl/N-ethyl adjacent to an activating group) is 1. The van der Waals surface area contributed by atoms with Crippen molar-refractivity contribution in [3.8, 4) is 0 Å². The highest BCUT2D eigenvalue weighted by atomic mass is 32.2. The number of sulfone groups is 1. The number of rotatable bonds is 4. The van der Waals surface area contributed by atoms with Crippen molar-refractivity contribution in [3.63, 3.8) is 0 Å². The van der Waals surface area contributed by atoms with E-state index in [1.807, 2.05) is 24.1 Å². The van der Waals surface area contributed by atoms with Gasteiger partial charge in [0.1, 0.15) is 6.04 Å². The zero-order valence-electron chi connectivity index (χ0n) is 14.8. The maximum absolute atomic E-state index is 11.5. The molecule has 0 aromatic heterocycles. The summed E-state index contributed by atoms with van der Waals surface area (Å²) >= 11 is 0. The predicted molar refractivity (Wildman–Crippen MR) is 95.2 cm³/mol. The monoisotopic (exact) mass is 366 g/mol. The van der Waals surface area contributed by atoms with E-state index in [1.165, 1.54) is 6.26 Å². The van der Waals surface area contributed by atoms with E-state index in [1.54, 1.807) is 12.1 Å². The van der Waals surface area contributed by atoms with E-state index in [2.05, 4.69) is 4.90 Å². The number of hydrogen-bond acceptors (Lipinski definition) is 5. The average molecular weight is 366 g/mol. The number of carboxylic acids is 1. The molecule has 0 bridgehead atoms. The largest absolute Gasteiger partial charge is 0.480 e. The number of likely N-dealkylation sites (tertiary alicyclic amines) is 2. The maximum atomic E-state index is 11.5. The third kappa shape index (κ3) is 4.04. The number of piperidine rings is 1. The van der Waals surface area contributed by atoms with Crippen molar-refractivity contribution in [1.82, 2.24) is 9.80 Å². The van der Waals surface area contributed by atoms with Gasteiger partial charge in [-0.15, -0.1) is 0 Å². The number of hydrogen-bond donors (Lipinski definition) is 1. The minimum atomic E-state index is -3.15. The van der Waals surface area contributed by atoms with Crippen LogP contribution in [0.25, 0.3) is 0 Å². The summed E-state index contributed by atoms with van der Waals surface area (Å²) < 4.78 is 23.0. The second kappa shape index (κ2) is 6.70. The van der Waals surface area contributed by atoms with Crippen molar-refractivity contribution in [1.29, 1.82) is 0 Å². The molecule has 0 aliphatic carbocycles. The summed E-state index contributed by atoms with van der Waals surface area (Å²) in [5, 5.41) is 9.33. The molecule has 2 saturated heterocycles. The molecule has 2 heterocycles. The summed E-state index contributed by atoms with van der Waals surface area (Å²) in [6.07, 6.45) is 4.00. The molecule has 2 aliphatic rings. The topological polar surface area (TPSA) is 77.9 Å². The summed E-state index contributed by atoms with van der Waals surface area (Å²) in [4.78, 5) is 16.0. The Morgan fingerprint density at radius 2 is 1.84 bits per heavy atom. The van der Waals surface area contributed by atoms with Gasteiger partial charge < -0.3 is 5.11 Å². The molecule has 1 atom stereocenters. The van der Waals surface area contributed by atoms with Crippen molar-refractivity contribution in [3.05, 3.63) is 29.8 Å². The molecule has 1 aromatic carbocycles. The van der Waals surface area contributed by atoms with E-state index in [0.29, 0.717) is 4.90 Å². The Kier molecular flexibility index (Phi) is 4.92. The summed E-state index contributed by atoms with van der Waals surface area (Å²) in [6, 6.07) is 6.74. The first-order valence-electron chi connectivity index (χ1n) is 8.63. The standard InChI is InChI=1S/C18H26N2O4S/c1-19-13-18(11-16(19)17(21)22)7-9-20(10-8-18)12-14-3-5-15(6-4-14)25(2,23)24/h3-6,16H,7-13H2,1-2H3,(H,21,22). The molecule has 1 spiro atoms. The lowest BCUT2D eigenvalue weighted by molar-refractivity contribution is -0.141. The van der Waals surface area contributed by atoms with Gasteiger partial charge in [-0.2, -0.15) is 0 Å². The second-order valence-corrected chi connectivity index (χ2v) is 9.68. The zero-order valence-corrected chi connectivity index (χ0v) is 15.6. The number of aliphatic carboxylic acids is 1. The van der Waals surface area contributed by atoms with Crippen molar-refractivity contribution < 1.29 is 18.3 Å². The van der Waals surface area contributed by atoms with Crippen LogP contribution in [0.1, 0.15) is 24.8 Å². The molecular formula is C18H26N2O4S. The summed E-state index contributed by atoms with van der Waals surface area (Å²) in [6.45, 7) is 3.57. The SMILES string of the molecule is CN1CC2(CCN(Cc3ccc(S(C)(=O)=O)cc3)CC2)CC1C(=O)O. The second-order valence-electron chi connectivity index (χ2n) is 7.67. The number of carboxylic acid groups (broad SMARTS) is 1. The van der Waals surface area contributed by atoms with Gasteiger partial charge in [-0.3, -0.25) is 14.6 Å². The van der Waals surface area contributed by atoms with E-state index in [9.17, 15) is 18.3 Å². The highest BCUT2D eigenvalue weighted by molar-refractivity contribution is 7.90. The van der Waals surface area contributed by atoms with Crippen LogP contribution in [0.15, 0.2) is 29.2 Å². The van der Waals surface area contributed by atoms with Crippen molar-refractivity contribution in [2.24, 2.45) is 5.41 Å². The zero-order chi connectivity index (χ0) is 18.2. The molecule has 2 fully saturated rings. The lowest BCUT2D eigenvalue weighted by Gasteiger charge is -2.39. The Bertz CT molecular complexity index is 737. The maximum Gasteiger partial charge on any atom is 0.320 e. The normalized spacial score (nSPS) is 24.6. The highest BCUT2D eigenvalue weighted by Gasteiger charge is 2.46. The molecule has 2 aliphatic heterocycles. The van der Waals surface area contributed by atoms with Gasteiger partial charge in [0.15, 0.2) is 9.84 Å². The minimum Gasteiger partial charge on any atom is -0.480 e. The number of benzene rings is 1. The van der Waals surface area contributed by atoms with E-state index in [-0.39, 0.29) is 11.5 Å². The van der Waals surface area contributed by atoms with Crippen LogP contribution in [-0.2, 0) is 21.2 Å². The van der Waals surface area contributed by atoms with Crippen molar-refractivity contribution >= 4 is 15.8 Å². The highest BCUT2D eigenvalue weighted by Crippen LogP contribution is 2.43. The molecule has 0 radical (unpaired) electrons. The smallest absolute Gasteiger partial charge is 0.320 e. The lowest BCUT2D eigenvalue weighted by atomic mass is 9.76. The fourth-order valence-corrected chi connectivity index (χ4v) is 4.82. The first kappa shape index (κ1) is 18.4. The van der Waals surface area contributed by atoms with Crippen LogP contribution in [0.5, 0.6) is 0 Å². The van der Waals surface area contributed by atoms with E-state index < -0.39 is 15.8 Å². The third-order valence-electron chi connectivity index (χ3n) is 5.70. The first-order valence-corrected chi connectivity index (χ1v) is 10.5. The lowest BCUT2D eigenvalue weighted by Crippen LogP contribution is -2.40. The fourth-order valence-electron chi connectivity index (χ4n) is 4.19. The molecule has 6 nitrogen and oxygen atoms in total. The van der Waals surface area contributed by atoms with Crippen LogP contribution in [0, 0.1) is 5.41 Å². The number of carbonyl (C=O) groups is 1. The van der Waals surface area contributed by atoms with Gasteiger partial charge in [0.05, 0.1) is 4.90 Å². The molecule has 1 unspecified atom stereocenters. The Morgan fingerprint density at radius 1 is 1.24 bits per heavy atom. The molecule has 25 heavy (non-hydrogen) atoms. The Morgan fingerprint density at radius 3 is 2.32 bits per heavy atom. The molecule has 138 valence electrons. The molecule has 0 amide bonds. The van der Waals surface area contributed by atoms with E-state index in [0.717, 1.165) is 51.0 Å². The van der Waals surface area contributed by atoms with E-state index >= 15 is 0 Å². The van der Waals surface area contributed by atoms with Crippen LogP contribution >= 0.6 is 0 Å². The Labute approximate surface area is 149 Å². The van der Waals surface area contributed by atoms with Crippen LogP contribution < -0.4 is 0 Å². The van der Waals surface area contributed by atoms with Crippen LogP contribution in [0.2, 0.25) is 0 Å². The van der Waals surface area contributed by atoms with Crippen LogP contribution in [0.4, 0.5) is 0 Å². The van der Waals surface area contributed by atoms with Gasteiger partial charge in [-0.1, -0.05) is 12.1 Å². The average Bonchev–Trinajstić information content (AvgIpc) is 2.86. The third-order valence-corrected chi connectivity index (χ3v) is 6.83. The van der Waals surface area contributed by atoms with E-state index in [4.69, 9.17) is 0 Å². The molecule has 7 heteroatoms. The van der Waals surface area contributed by atoms with Gasteiger partial charge in [-0.25, -0.2) is 8.42 Å². The van der Waals surface area contributed by atoms with Gasteiger partial charge >= 0.3 is 5.97 Å². The summed E-state index contributed by atoms with van der Waals surface area (Å²) in [5.41, 5.74) is 1.24. The summed E-state index contributed by atoms with van der Waals surface area (Å²) in [5.74, 6) is -0.715. The number of nitrogens with zero attached hydrogens (tertiary/aromatic N) is 2. The fraction of sp³-hybridized carbons (Fsp3) is 0.611. The quantitative estimate of drug-likeness (QED) is 0.869. The van der Waals surface area contributed by atoms with Gasteiger partial charge in [-0.05, 0) is 62.5 Å². The first-order chi connectivity index (χ1) is 11.7. The van der Waals surface area contributed by atoms with Crippen LogP contribution in [0.3, 0.4) is 0 Å². The Balaban J connectivity index is 1.57. The van der Waals surface area contributed by atoms with Crippen LogP contribution in [-0.4, -0.2) is 68.3 Å². The molecule has 3 rings (SSSR count).